The van der Waals surface area contributed by atoms with Crippen LogP contribution in [-0.4, -0.2) is 66.9 Å². The first-order valence-electron chi connectivity index (χ1n) is 10.1. The molecule has 1 aliphatic rings. The second kappa shape index (κ2) is 10.6. The van der Waals surface area contributed by atoms with E-state index in [4.69, 9.17) is 9.26 Å². The molecular formula is C21H28F3N5O2. The minimum absolute atomic E-state index is 0.0743. The molecule has 7 nitrogen and oxygen atoms in total. The number of guanidine groups is 1. The Labute approximate surface area is 179 Å². The number of piperazine rings is 1. The molecule has 1 N–H and O–H groups in total. The highest BCUT2D eigenvalue weighted by Crippen LogP contribution is 2.16. The predicted molar refractivity (Wildman–Crippen MR) is 110 cm³/mol. The number of halogens is 3. The van der Waals surface area contributed by atoms with Crippen LogP contribution in [0.3, 0.4) is 0 Å². The summed E-state index contributed by atoms with van der Waals surface area (Å²) in [7, 11) is 1.74. The van der Waals surface area contributed by atoms with Gasteiger partial charge in [0.2, 0.25) is 0 Å². The number of aryl methyl sites for hydroxylation is 1. The fourth-order valence-electron chi connectivity index (χ4n) is 3.47. The van der Waals surface area contributed by atoms with Gasteiger partial charge < -0.3 is 19.5 Å². The van der Waals surface area contributed by atoms with E-state index in [-0.39, 0.29) is 6.61 Å². The number of ether oxygens (including phenoxy) is 1. The summed E-state index contributed by atoms with van der Waals surface area (Å²) < 4.78 is 46.6. The number of benzene rings is 1. The van der Waals surface area contributed by atoms with Crippen molar-refractivity contribution in [2.45, 2.75) is 32.8 Å². The topological polar surface area (TPSA) is 66.1 Å². The van der Waals surface area contributed by atoms with Crippen molar-refractivity contribution >= 4 is 5.96 Å². The van der Waals surface area contributed by atoms with Gasteiger partial charge in [-0.2, -0.15) is 13.2 Å². The van der Waals surface area contributed by atoms with Crippen molar-refractivity contribution in [1.82, 2.24) is 20.3 Å². The molecule has 2 heterocycles. The van der Waals surface area contributed by atoms with Crippen LogP contribution in [-0.2, 0) is 24.4 Å². The van der Waals surface area contributed by atoms with Crippen LogP contribution in [0.15, 0.2) is 39.8 Å². The molecular weight excluding hydrogens is 411 g/mol. The van der Waals surface area contributed by atoms with Gasteiger partial charge in [0.15, 0.2) is 5.96 Å². The van der Waals surface area contributed by atoms with E-state index in [9.17, 15) is 13.2 Å². The minimum Gasteiger partial charge on any atom is -0.367 e. The summed E-state index contributed by atoms with van der Waals surface area (Å²) in [6.07, 6.45) is -4.32. The second-order valence-corrected chi connectivity index (χ2v) is 7.52. The maximum absolute atomic E-state index is 12.2. The van der Waals surface area contributed by atoms with Gasteiger partial charge in [-0.05, 0) is 18.1 Å². The number of nitrogens with one attached hydrogen (secondary N) is 1. The molecule has 1 aromatic heterocycles. The molecule has 170 valence electrons. The number of hydrogen-bond acceptors (Lipinski definition) is 5. The monoisotopic (exact) mass is 439 g/mol. The molecule has 0 bridgehead atoms. The van der Waals surface area contributed by atoms with E-state index in [2.05, 4.69) is 25.3 Å². The Morgan fingerprint density at radius 2 is 1.94 bits per heavy atom. The zero-order valence-electron chi connectivity index (χ0n) is 17.8. The van der Waals surface area contributed by atoms with E-state index in [1.54, 1.807) is 13.1 Å². The van der Waals surface area contributed by atoms with E-state index in [0.29, 0.717) is 12.1 Å². The first-order chi connectivity index (χ1) is 14.8. The number of aliphatic imine (C=N–C) groups is 1. The number of aromatic nitrogens is 1. The first-order valence-corrected chi connectivity index (χ1v) is 10.1. The van der Waals surface area contributed by atoms with Crippen molar-refractivity contribution in [2.24, 2.45) is 4.99 Å². The summed E-state index contributed by atoms with van der Waals surface area (Å²) in [5.41, 5.74) is 2.59. The number of hydrogen-bond donors (Lipinski definition) is 1. The molecule has 0 radical (unpaired) electrons. The van der Waals surface area contributed by atoms with Crippen LogP contribution in [0.5, 0.6) is 0 Å². The van der Waals surface area contributed by atoms with Crippen molar-refractivity contribution in [3.8, 4) is 0 Å². The van der Waals surface area contributed by atoms with Crippen LogP contribution >= 0.6 is 0 Å². The number of alkyl halides is 3. The maximum atomic E-state index is 12.2. The van der Waals surface area contributed by atoms with Gasteiger partial charge in [0.1, 0.15) is 12.4 Å². The Balaban J connectivity index is 1.45. The highest BCUT2D eigenvalue weighted by atomic mass is 19.4. The van der Waals surface area contributed by atoms with Crippen LogP contribution in [0.2, 0.25) is 0 Å². The van der Waals surface area contributed by atoms with Crippen LogP contribution in [0, 0.1) is 6.92 Å². The van der Waals surface area contributed by atoms with Crippen molar-refractivity contribution < 1.29 is 22.4 Å². The summed E-state index contributed by atoms with van der Waals surface area (Å²) in [4.78, 5) is 8.89. The number of nitrogens with zero attached hydrogens (tertiary/aromatic N) is 4. The average Bonchev–Trinajstić information content (AvgIpc) is 3.13. The van der Waals surface area contributed by atoms with E-state index in [0.717, 1.165) is 55.7 Å². The molecule has 0 spiro atoms. The van der Waals surface area contributed by atoms with Crippen molar-refractivity contribution in [3.05, 3.63) is 52.9 Å². The van der Waals surface area contributed by atoms with Crippen molar-refractivity contribution in [2.75, 3.05) is 39.8 Å². The lowest BCUT2D eigenvalue weighted by Crippen LogP contribution is -2.52. The maximum Gasteiger partial charge on any atom is 0.411 e. The van der Waals surface area contributed by atoms with Crippen LogP contribution in [0.4, 0.5) is 13.2 Å². The van der Waals surface area contributed by atoms with Crippen LogP contribution in [0.1, 0.15) is 22.6 Å². The molecule has 10 heteroatoms. The fraction of sp³-hybridized carbons (Fsp3) is 0.524. The molecule has 0 amide bonds. The van der Waals surface area contributed by atoms with E-state index in [1.807, 2.05) is 31.2 Å². The fourth-order valence-corrected chi connectivity index (χ4v) is 3.47. The van der Waals surface area contributed by atoms with Crippen LogP contribution in [0.25, 0.3) is 0 Å². The molecule has 1 aliphatic heterocycles. The highest BCUT2D eigenvalue weighted by molar-refractivity contribution is 5.80. The second-order valence-electron chi connectivity index (χ2n) is 7.52. The highest BCUT2D eigenvalue weighted by Gasteiger charge is 2.27. The van der Waals surface area contributed by atoms with Gasteiger partial charge in [-0.25, -0.2) is 0 Å². The lowest BCUT2D eigenvalue weighted by Gasteiger charge is -2.36. The summed E-state index contributed by atoms with van der Waals surface area (Å²) in [5, 5.41) is 7.39. The molecule has 0 atom stereocenters. The van der Waals surface area contributed by atoms with Gasteiger partial charge in [-0.3, -0.25) is 9.89 Å². The molecule has 3 rings (SSSR count). The van der Waals surface area contributed by atoms with Gasteiger partial charge in [0.05, 0.1) is 12.3 Å². The quantitative estimate of drug-likeness (QED) is 0.529. The first kappa shape index (κ1) is 23.1. The lowest BCUT2D eigenvalue weighted by molar-refractivity contribution is -0.176. The molecule has 31 heavy (non-hydrogen) atoms. The van der Waals surface area contributed by atoms with Gasteiger partial charge in [0.25, 0.3) is 0 Å². The summed E-state index contributed by atoms with van der Waals surface area (Å²) in [5.74, 6) is 1.62. The van der Waals surface area contributed by atoms with E-state index >= 15 is 0 Å². The third-order valence-electron chi connectivity index (χ3n) is 4.92. The summed E-state index contributed by atoms with van der Waals surface area (Å²) in [6, 6.07) is 9.29. The zero-order chi connectivity index (χ0) is 22.3. The summed E-state index contributed by atoms with van der Waals surface area (Å²) in [6.45, 7) is 5.30. The normalized spacial score (nSPS) is 16.0. The van der Waals surface area contributed by atoms with Gasteiger partial charge in [-0.1, -0.05) is 29.4 Å². The molecule has 1 fully saturated rings. The Hall–Kier alpha value is -2.59. The minimum atomic E-state index is -4.32. The molecule has 0 unspecified atom stereocenters. The molecule has 0 saturated carbocycles. The standard InChI is InChI=1S/C21H28F3N5O2/c1-16-10-19(27-31-16)13-28-6-8-29(9-7-28)20(25-2)26-12-17-4-3-5-18(11-17)14-30-15-21(22,23)24/h3-5,10-11H,6-9,12-15H2,1-2H3,(H,25,26). The average molecular weight is 439 g/mol. The Morgan fingerprint density at radius 1 is 1.19 bits per heavy atom. The lowest BCUT2D eigenvalue weighted by atomic mass is 10.1. The third kappa shape index (κ3) is 7.55. The molecule has 2 aromatic rings. The molecule has 0 aliphatic carbocycles. The largest absolute Gasteiger partial charge is 0.411 e. The number of rotatable bonds is 7. The van der Waals surface area contributed by atoms with Crippen molar-refractivity contribution in [1.29, 1.82) is 0 Å². The van der Waals surface area contributed by atoms with E-state index < -0.39 is 12.8 Å². The third-order valence-corrected chi connectivity index (χ3v) is 4.92. The smallest absolute Gasteiger partial charge is 0.367 e. The van der Waals surface area contributed by atoms with Gasteiger partial charge in [0, 0.05) is 52.4 Å². The SMILES string of the molecule is CN=C(NCc1cccc(COCC(F)(F)F)c1)N1CCN(Cc2cc(C)on2)CC1. The summed E-state index contributed by atoms with van der Waals surface area (Å²) >= 11 is 0. The Kier molecular flexibility index (Phi) is 7.91. The molecule has 1 saturated heterocycles. The molecule has 1 aromatic carbocycles. The zero-order valence-corrected chi connectivity index (χ0v) is 17.8. The van der Waals surface area contributed by atoms with Crippen LogP contribution < -0.4 is 5.32 Å². The van der Waals surface area contributed by atoms with Crippen molar-refractivity contribution in [3.63, 3.8) is 0 Å². The Bertz CT molecular complexity index is 861. The predicted octanol–water partition coefficient (Wildman–Crippen LogP) is 2.96. The van der Waals surface area contributed by atoms with Gasteiger partial charge >= 0.3 is 6.18 Å². The Morgan fingerprint density at radius 3 is 2.58 bits per heavy atom. The van der Waals surface area contributed by atoms with E-state index in [1.165, 1.54) is 0 Å². The van der Waals surface area contributed by atoms with Gasteiger partial charge in [-0.15, -0.1) is 0 Å².